The third-order valence-corrected chi connectivity index (χ3v) is 2.38. The van der Waals surface area contributed by atoms with Gasteiger partial charge >= 0.3 is 5.97 Å². The highest BCUT2D eigenvalue weighted by Crippen LogP contribution is 2.10. The average molecular weight is 249 g/mol. The molecule has 0 spiro atoms. The molecule has 2 N–H and O–H groups in total. The number of nitrogens with zero attached hydrogens (tertiary/aromatic N) is 4. The maximum Gasteiger partial charge on any atom is 0.361 e. The van der Waals surface area contributed by atoms with Crippen LogP contribution in [0.5, 0.6) is 0 Å². The first-order valence-corrected chi connectivity index (χ1v) is 5.68. The summed E-state index contributed by atoms with van der Waals surface area (Å²) < 4.78 is 8.25. The summed E-state index contributed by atoms with van der Waals surface area (Å²) in [5.74, 6) is -0.493. The predicted octanol–water partition coefficient (Wildman–Crippen LogP) is 0.539. The zero-order valence-corrected chi connectivity index (χ0v) is 10.1. The lowest BCUT2D eigenvalue weighted by Gasteiger charge is -2.01. The highest BCUT2D eigenvalue weighted by Gasteiger charge is 2.15. The van der Waals surface area contributed by atoms with Crippen LogP contribution in [0.4, 0.5) is 5.69 Å². The molecule has 7 nitrogen and oxygen atoms in total. The number of rotatable bonds is 5. The van der Waals surface area contributed by atoms with Crippen molar-refractivity contribution in [1.82, 2.24) is 19.6 Å². The topological polar surface area (TPSA) is 88.0 Å². The molecule has 2 heterocycles. The molecule has 18 heavy (non-hydrogen) atoms. The maximum atomic E-state index is 11.5. The first-order chi connectivity index (χ1) is 8.70. The predicted molar refractivity (Wildman–Crippen MR) is 64.8 cm³/mol. The molecule has 0 aromatic carbocycles. The van der Waals surface area contributed by atoms with Gasteiger partial charge in [0.05, 0.1) is 25.4 Å². The van der Waals surface area contributed by atoms with Crippen LogP contribution in [0.3, 0.4) is 0 Å². The minimum atomic E-state index is -0.493. The van der Waals surface area contributed by atoms with E-state index in [1.165, 1.54) is 0 Å². The summed E-state index contributed by atoms with van der Waals surface area (Å²) in [6.07, 6.45) is 5.19. The Morgan fingerprint density at radius 2 is 2.22 bits per heavy atom. The van der Waals surface area contributed by atoms with Gasteiger partial charge in [0.25, 0.3) is 0 Å². The van der Waals surface area contributed by atoms with Gasteiger partial charge < -0.3 is 10.5 Å². The summed E-state index contributed by atoms with van der Waals surface area (Å²) >= 11 is 0. The molecule has 2 aromatic heterocycles. The van der Waals surface area contributed by atoms with Crippen molar-refractivity contribution in [3.8, 4) is 0 Å². The lowest BCUT2D eigenvalue weighted by atomic mass is 10.4. The molecule has 0 unspecified atom stereocenters. The molecule has 0 amide bonds. The molecule has 0 bridgehead atoms. The molecule has 0 saturated heterocycles. The van der Waals surface area contributed by atoms with Gasteiger partial charge in [-0.2, -0.15) is 10.2 Å². The van der Waals surface area contributed by atoms with Gasteiger partial charge in [-0.1, -0.05) is 0 Å². The van der Waals surface area contributed by atoms with Crippen molar-refractivity contribution in [3.05, 3.63) is 30.4 Å². The van der Waals surface area contributed by atoms with E-state index in [0.29, 0.717) is 25.4 Å². The van der Waals surface area contributed by atoms with Gasteiger partial charge in [-0.25, -0.2) is 4.79 Å². The van der Waals surface area contributed by atoms with E-state index in [1.807, 2.05) is 12.3 Å². The molecule has 2 aromatic rings. The van der Waals surface area contributed by atoms with Gasteiger partial charge in [-0.15, -0.1) is 0 Å². The largest absolute Gasteiger partial charge is 0.461 e. The zero-order valence-electron chi connectivity index (χ0n) is 10.1. The van der Waals surface area contributed by atoms with Crippen LogP contribution in [0, 0.1) is 0 Å². The summed E-state index contributed by atoms with van der Waals surface area (Å²) in [5.41, 5.74) is 6.21. The van der Waals surface area contributed by atoms with Gasteiger partial charge in [0.2, 0.25) is 0 Å². The van der Waals surface area contributed by atoms with Crippen LogP contribution in [0.2, 0.25) is 0 Å². The second kappa shape index (κ2) is 5.35. The number of hydrogen-bond acceptors (Lipinski definition) is 5. The van der Waals surface area contributed by atoms with E-state index >= 15 is 0 Å². The molecule has 0 aliphatic carbocycles. The molecule has 96 valence electrons. The Morgan fingerprint density at radius 3 is 2.89 bits per heavy atom. The fourth-order valence-electron chi connectivity index (χ4n) is 1.55. The second-order valence-corrected chi connectivity index (χ2v) is 3.69. The number of ether oxygens (including phenoxy) is 1. The second-order valence-electron chi connectivity index (χ2n) is 3.69. The van der Waals surface area contributed by atoms with Crippen molar-refractivity contribution in [3.63, 3.8) is 0 Å². The van der Waals surface area contributed by atoms with Gasteiger partial charge in [-0.3, -0.25) is 9.36 Å². The van der Waals surface area contributed by atoms with E-state index in [4.69, 9.17) is 10.5 Å². The van der Waals surface area contributed by atoms with Gasteiger partial charge in [0.15, 0.2) is 5.69 Å². The standard InChI is InChI=1S/C11H15N5O2/c1-2-18-11(17)10-9(12)8-16(14-10)7-6-15-5-3-4-13-15/h3-5,8H,2,6-7,12H2,1H3. The third-order valence-electron chi connectivity index (χ3n) is 2.38. The van der Waals surface area contributed by atoms with Crippen LogP contribution in [0.15, 0.2) is 24.7 Å². The Hall–Kier alpha value is -2.31. The SMILES string of the molecule is CCOC(=O)c1nn(CCn2cccn2)cc1N. The van der Waals surface area contributed by atoms with Gasteiger partial charge in [-0.05, 0) is 13.0 Å². The summed E-state index contributed by atoms with van der Waals surface area (Å²) in [4.78, 5) is 11.5. The van der Waals surface area contributed by atoms with Gasteiger partial charge in [0.1, 0.15) is 0 Å². The zero-order chi connectivity index (χ0) is 13.0. The molecular weight excluding hydrogens is 234 g/mol. The maximum absolute atomic E-state index is 11.5. The minimum Gasteiger partial charge on any atom is -0.461 e. The molecule has 0 saturated carbocycles. The molecule has 0 fully saturated rings. The Kier molecular flexibility index (Phi) is 3.61. The quantitative estimate of drug-likeness (QED) is 0.781. The van der Waals surface area contributed by atoms with Crippen LogP contribution < -0.4 is 5.73 Å². The van der Waals surface area contributed by atoms with Crippen molar-refractivity contribution in [1.29, 1.82) is 0 Å². The summed E-state index contributed by atoms with van der Waals surface area (Å²) in [6.45, 7) is 3.29. The highest BCUT2D eigenvalue weighted by atomic mass is 16.5. The molecule has 0 aliphatic heterocycles. The Labute approximate surface area is 104 Å². The molecule has 7 heteroatoms. The first-order valence-electron chi connectivity index (χ1n) is 5.68. The average Bonchev–Trinajstić information content (AvgIpc) is 2.96. The van der Waals surface area contributed by atoms with Crippen molar-refractivity contribution >= 4 is 11.7 Å². The number of nitrogen functional groups attached to an aromatic ring is 1. The van der Waals surface area contributed by atoms with E-state index in [-0.39, 0.29) is 5.69 Å². The van der Waals surface area contributed by atoms with Crippen LogP contribution in [0.1, 0.15) is 17.4 Å². The molecule has 2 rings (SSSR count). The van der Waals surface area contributed by atoms with E-state index in [0.717, 1.165) is 0 Å². The monoisotopic (exact) mass is 249 g/mol. The third kappa shape index (κ3) is 2.68. The van der Waals surface area contributed by atoms with E-state index in [1.54, 1.807) is 28.7 Å². The van der Waals surface area contributed by atoms with E-state index in [9.17, 15) is 4.79 Å². The Balaban J connectivity index is 2.02. The van der Waals surface area contributed by atoms with E-state index < -0.39 is 5.97 Å². The first kappa shape index (κ1) is 12.2. The summed E-state index contributed by atoms with van der Waals surface area (Å²) in [6, 6.07) is 1.85. The Bertz CT molecular complexity index is 518. The van der Waals surface area contributed by atoms with Crippen LogP contribution in [0.25, 0.3) is 0 Å². The van der Waals surface area contributed by atoms with Crippen molar-refractivity contribution in [2.24, 2.45) is 0 Å². The van der Waals surface area contributed by atoms with Crippen molar-refractivity contribution < 1.29 is 9.53 Å². The number of anilines is 1. The number of esters is 1. The van der Waals surface area contributed by atoms with Crippen molar-refractivity contribution in [2.75, 3.05) is 12.3 Å². The number of carbonyl (C=O) groups excluding carboxylic acids is 1. The molecule has 0 radical (unpaired) electrons. The summed E-state index contributed by atoms with van der Waals surface area (Å²) in [5, 5.41) is 8.18. The van der Waals surface area contributed by atoms with Crippen LogP contribution in [-0.4, -0.2) is 32.1 Å². The fourth-order valence-corrected chi connectivity index (χ4v) is 1.55. The van der Waals surface area contributed by atoms with Crippen LogP contribution in [-0.2, 0) is 17.8 Å². The number of hydrogen-bond donors (Lipinski definition) is 1. The lowest BCUT2D eigenvalue weighted by molar-refractivity contribution is 0.0519. The summed E-state index contributed by atoms with van der Waals surface area (Å²) in [7, 11) is 0. The number of carbonyl (C=O) groups is 1. The fraction of sp³-hybridized carbons (Fsp3) is 0.364. The minimum absolute atomic E-state index is 0.164. The lowest BCUT2D eigenvalue weighted by Crippen LogP contribution is -2.11. The molecule has 0 aliphatic rings. The van der Waals surface area contributed by atoms with Gasteiger partial charge in [0, 0.05) is 18.6 Å². The van der Waals surface area contributed by atoms with E-state index in [2.05, 4.69) is 10.2 Å². The van der Waals surface area contributed by atoms with Crippen molar-refractivity contribution in [2.45, 2.75) is 20.0 Å². The number of nitrogens with two attached hydrogens (primary N) is 1. The molecule has 0 atom stereocenters. The smallest absolute Gasteiger partial charge is 0.361 e. The number of aromatic nitrogens is 4. The normalized spacial score (nSPS) is 10.5. The Morgan fingerprint density at radius 1 is 1.44 bits per heavy atom. The number of aryl methyl sites for hydroxylation is 2. The highest BCUT2D eigenvalue weighted by molar-refractivity contribution is 5.92. The molecular formula is C11H15N5O2. The van der Waals surface area contributed by atoms with Crippen LogP contribution >= 0.6 is 0 Å².